The summed E-state index contributed by atoms with van der Waals surface area (Å²) in [7, 11) is 1.21. The number of hydrogen-bond donors (Lipinski definition) is 1. The van der Waals surface area contributed by atoms with Crippen LogP contribution in [0.2, 0.25) is 10.0 Å². The molecule has 9 heteroatoms. The Bertz CT molecular complexity index is 675. The molecule has 2 rings (SSSR count). The summed E-state index contributed by atoms with van der Waals surface area (Å²) in [5.41, 5.74) is 0.245. The second-order valence-electron chi connectivity index (χ2n) is 3.53. The quantitative estimate of drug-likeness (QED) is 0.874. The number of benzene rings is 1. The Hall–Kier alpha value is -1.70. The van der Waals surface area contributed by atoms with Crippen molar-refractivity contribution in [3.8, 4) is 0 Å². The number of ether oxygens (including phenoxy) is 1. The Morgan fingerprint density at radius 1 is 1.30 bits per heavy atom. The van der Waals surface area contributed by atoms with Gasteiger partial charge in [-0.05, 0) is 18.2 Å². The minimum absolute atomic E-state index is 0.0501. The smallest absolute Gasteiger partial charge is 0.361 e. The van der Waals surface area contributed by atoms with Crippen LogP contribution in [-0.4, -0.2) is 28.6 Å². The molecule has 1 amide bonds. The van der Waals surface area contributed by atoms with Crippen LogP contribution >= 0.6 is 34.7 Å². The molecule has 1 N–H and O–H groups in total. The number of aromatic nitrogens is 2. The third kappa shape index (κ3) is 3.06. The van der Waals surface area contributed by atoms with Gasteiger partial charge in [-0.1, -0.05) is 27.7 Å². The van der Waals surface area contributed by atoms with Crippen molar-refractivity contribution in [2.75, 3.05) is 12.4 Å². The lowest BCUT2D eigenvalue weighted by molar-refractivity contribution is 0.0595. The van der Waals surface area contributed by atoms with E-state index in [1.165, 1.54) is 25.3 Å². The van der Waals surface area contributed by atoms with Crippen LogP contribution in [0.5, 0.6) is 0 Å². The first-order chi connectivity index (χ1) is 9.52. The molecule has 104 valence electrons. The molecule has 0 spiro atoms. The van der Waals surface area contributed by atoms with E-state index < -0.39 is 11.9 Å². The third-order valence-electron chi connectivity index (χ3n) is 2.28. The van der Waals surface area contributed by atoms with Crippen molar-refractivity contribution in [1.29, 1.82) is 0 Å². The SMILES string of the molecule is COC(=O)c1nnsc1NC(=O)c1ccc(Cl)c(Cl)c1. The van der Waals surface area contributed by atoms with E-state index in [2.05, 4.69) is 19.6 Å². The van der Waals surface area contributed by atoms with Crippen LogP contribution in [0.25, 0.3) is 0 Å². The molecule has 2 aromatic rings. The monoisotopic (exact) mass is 331 g/mol. The van der Waals surface area contributed by atoms with Gasteiger partial charge in [-0.25, -0.2) is 4.79 Å². The molecular weight excluding hydrogens is 325 g/mol. The van der Waals surface area contributed by atoms with Crippen LogP contribution < -0.4 is 5.32 Å². The molecule has 0 aliphatic heterocycles. The molecule has 1 aromatic carbocycles. The van der Waals surface area contributed by atoms with Gasteiger partial charge >= 0.3 is 5.97 Å². The molecule has 0 fully saturated rings. The number of esters is 1. The standard InChI is InChI=1S/C11H7Cl2N3O3S/c1-19-11(18)8-10(20-16-15-8)14-9(17)5-2-3-6(12)7(13)4-5/h2-4H,1H3,(H,14,17). The number of anilines is 1. The molecule has 0 bridgehead atoms. The van der Waals surface area contributed by atoms with Gasteiger partial charge in [0, 0.05) is 17.1 Å². The Morgan fingerprint density at radius 2 is 2.05 bits per heavy atom. The topological polar surface area (TPSA) is 81.2 Å². The number of nitrogens with one attached hydrogen (secondary N) is 1. The van der Waals surface area contributed by atoms with Crippen molar-refractivity contribution in [3.63, 3.8) is 0 Å². The van der Waals surface area contributed by atoms with Gasteiger partial charge in [0.2, 0.25) is 5.69 Å². The van der Waals surface area contributed by atoms with Crippen LogP contribution in [0.15, 0.2) is 18.2 Å². The molecule has 0 saturated heterocycles. The molecule has 20 heavy (non-hydrogen) atoms. The zero-order valence-electron chi connectivity index (χ0n) is 10.0. The number of carbonyl (C=O) groups excluding carboxylic acids is 2. The van der Waals surface area contributed by atoms with Crippen LogP contribution in [0.4, 0.5) is 5.00 Å². The van der Waals surface area contributed by atoms with E-state index >= 15 is 0 Å². The van der Waals surface area contributed by atoms with Crippen molar-refractivity contribution < 1.29 is 14.3 Å². The second kappa shape index (κ2) is 6.17. The fourth-order valence-corrected chi connectivity index (χ4v) is 2.17. The summed E-state index contributed by atoms with van der Waals surface area (Å²) in [4.78, 5) is 23.4. The van der Waals surface area contributed by atoms with Crippen LogP contribution in [0, 0.1) is 0 Å². The fraction of sp³-hybridized carbons (Fsp3) is 0.0909. The van der Waals surface area contributed by atoms with Crippen molar-refractivity contribution in [2.24, 2.45) is 0 Å². The molecule has 0 unspecified atom stereocenters. The summed E-state index contributed by atoms with van der Waals surface area (Å²) in [6.07, 6.45) is 0. The van der Waals surface area contributed by atoms with Gasteiger partial charge in [0.05, 0.1) is 17.2 Å². The maximum atomic E-state index is 12.0. The number of halogens is 2. The van der Waals surface area contributed by atoms with Gasteiger partial charge in [-0.2, -0.15) is 0 Å². The van der Waals surface area contributed by atoms with Gasteiger partial charge in [0.15, 0.2) is 5.00 Å². The summed E-state index contributed by atoms with van der Waals surface area (Å²) >= 11 is 12.5. The summed E-state index contributed by atoms with van der Waals surface area (Å²) in [6.45, 7) is 0. The normalized spacial score (nSPS) is 10.2. The lowest BCUT2D eigenvalue weighted by Gasteiger charge is -2.04. The van der Waals surface area contributed by atoms with Gasteiger partial charge in [0.1, 0.15) is 0 Å². The van der Waals surface area contributed by atoms with E-state index in [0.717, 1.165) is 11.5 Å². The molecule has 0 atom stereocenters. The van der Waals surface area contributed by atoms with E-state index in [1.807, 2.05) is 0 Å². The predicted octanol–water partition coefficient (Wildman–Crippen LogP) is 2.88. The number of amides is 1. The zero-order chi connectivity index (χ0) is 14.7. The first-order valence-electron chi connectivity index (χ1n) is 5.20. The zero-order valence-corrected chi connectivity index (χ0v) is 12.3. The van der Waals surface area contributed by atoms with Crippen LogP contribution in [0.1, 0.15) is 20.8 Å². The van der Waals surface area contributed by atoms with Crippen molar-refractivity contribution >= 4 is 51.6 Å². The summed E-state index contributed by atoms with van der Waals surface area (Å²) in [5.74, 6) is -1.14. The van der Waals surface area contributed by atoms with Crippen LogP contribution in [-0.2, 0) is 4.74 Å². The average Bonchev–Trinajstić information content (AvgIpc) is 2.89. The highest BCUT2D eigenvalue weighted by atomic mass is 35.5. The fourth-order valence-electron chi connectivity index (χ4n) is 1.32. The largest absolute Gasteiger partial charge is 0.464 e. The summed E-state index contributed by atoms with van der Waals surface area (Å²) in [6, 6.07) is 4.44. The van der Waals surface area contributed by atoms with Crippen molar-refractivity contribution in [2.45, 2.75) is 0 Å². The molecule has 0 aliphatic rings. The van der Waals surface area contributed by atoms with E-state index in [4.69, 9.17) is 23.2 Å². The molecule has 0 aliphatic carbocycles. The number of rotatable bonds is 3. The molecule has 6 nitrogen and oxygen atoms in total. The van der Waals surface area contributed by atoms with E-state index in [1.54, 1.807) is 0 Å². The van der Waals surface area contributed by atoms with Gasteiger partial charge < -0.3 is 10.1 Å². The maximum Gasteiger partial charge on any atom is 0.361 e. The van der Waals surface area contributed by atoms with Gasteiger partial charge in [-0.15, -0.1) is 5.10 Å². The van der Waals surface area contributed by atoms with Crippen molar-refractivity contribution in [3.05, 3.63) is 39.5 Å². The van der Waals surface area contributed by atoms with E-state index in [9.17, 15) is 9.59 Å². The lowest BCUT2D eigenvalue weighted by Crippen LogP contribution is -2.14. The minimum atomic E-state index is -0.678. The van der Waals surface area contributed by atoms with Gasteiger partial charge in [0.25, 0.3) is 5.91 Å². The molecule has 1 aromatic heterocycles. The van der Waals surface area contributed by atoms with E-state index in [-0.39, 0.29) is 15.7 Å². The Kier molecular flexibility index (Phi) is 4.53. The first kappa shape index (κ1) is 14.7. The minimum Gasteiger partial charge on any atom is -0.464 e. The summed E-state index contributed by atoms with van der Waals surface area (Å²) in [5, 5.41) is 6.92. The van der Waals surface area contributed by atoms with Crippen LogP contribution in [0.3, 0.4) is 0 Å². The average molecular weight is 332 g/mol. The summed E-state index contributed by atoms with van der Waals surface area (Å²) < 4.78 is 8.13. The predicted molar refractivity (Wildman–Crippen MR) is 75.7 cm³/mol. The number of methoxy groups -OCH3 is 1. The highest BCUT2D eigenvalue weighted by Crippen LogP contribution is 2.24. The first-order valence-corrected chi connectivity index (χ1v) is 6.73. The Balaban J connectivity index is 2.22. The van der Waals surface area contributed by atoms with E-state index in [0.29, 0.717) is 10.6 Å². The maximum absolute atomic E-state index is 12.0. The van der Waals surface area contributed by atoms with Crippen molar-refractivity contribution in [1.82, 2.24) is 9.59 Å². The Labute approximate surface area is 127 Å². The molecule has 1 heterocycles. The third-order valence-corrected chi connectivity index (χ3v) is 3.66. The molecule has 0 saturated carbocycles. The highest BCUT2D eigenvalue weighted by molar-refractivity contribution is 7.10. The molecular formula is C11H7Cl2N3O3S. The highest BCUT2D eigenvalue weighted by Gasteiger charge is 2.19. The number of carbonyl (C=O) groups is 2. The lowest BCUT2D eigenvalue weighted by atomic mass is 10.2. The van der Waals surface area contributed by atoms with Gasteiger partial charge in [-0.3, -0.25) is 4.79 Å². The number of nitrogens with zero attached hydrogens (tertiary/aromatic N) is 2. The Morgan fingerprint density at radius 3 is 2.70 bits per heavy atom. The number of hydrogen-bond acceptors (Lipinski definition) is 6. The second-order valence-corrected chi connectivity index (χ2v) is 5.09. The molecule has 0 radical (unpaired) electrons.